The predicted molar refractivity (Wildman–Crippen MR) is 143 cm³/mol. The molecular weight excluding hydrogens is 546 g/mol. The number of aliphatic hydroxyl groups is 1. The van der Waals surface area contributed by atoms with Gasteiger partial charge in [-0.05, 0) is 86.8 Å². The standard InChI is InChI=1S/C29H31F4N3O5/c1-16-11-17(5-7-20(16)30)21-13-19(27(2,3)35)14-25(36-21)28(39,29(31,32)33)10-9-22(37)18-6-8-23(24(12-18)40-4)41-15-26(34)38/h5-8,11-14,39H,9-10,15,35H2,1-4H3,(H2,34,38). The maximum absolute atomic E-state index is 14.5. The van der Waals surface area contributed by atoms with E-state index in [0.717, 1.165) is 6.07 Å². The number of methoxy groups -OCH3 is 1. The summed E-state index contributed by atoms with van der Waals surface area (Å²) in [7, 11) is 1.28. The molecule has 0 saturated carbocycles. The number of hydrogen-bond acceptors (Lipinski definition) is 7. The van der Waals surface area contributed by atoms with E-state index in [9.17, 15) is 32.3 Å². The SMILES string of the molecule is COc1cc(C(=O)CCC(O)(c2cc(C(C)(C)N)cc(-c3ccc(F)c(C)c3)n2)C(F)(F)F)ccc1OCC(N)=O. The van der Waals surface area contributed by atoms with Crippen LogP contribution >= 0.6 is 0 Å². The maximum atomic E-state index is 14.5. The first kappa shape index (κ1) is 31.5. The number of nitrogens with zero attached hydrogens (tertiary/aromatic N) is 1. The number of ketones is 1. The third-order valence-corrected chi connectivity index (χ3v) is 6.49. The van der Waals surface area contributed by atoms with Crippen molar-refractivity contribution in [2.45, 2.75) is 50.9 Å². The Kier molecular flexibility index (Phi) is 9.09. The van der Waals surface area contributed by atoms with Crippen LogP contribution in [-0.2, 0) is 15.9 Å². The number of pyridine rings is 1. The minimum atomic E-state index is -5.22. The molecule has 0 spiro atoms. The van der Waals surface area contributed by atoms with Crippen molar-refractivity contribution < 1.29 is 41.7 Å². The van der Waals surface area contributed by atoms with Gasteiger partial charge in [0.25, 0.3) is 5.91 Å². The number of aromatic nitrogens is 1. The summed E-state index contributed by atoms with van der Waals surface area (Å²) in [6, 6.07) is 10.3. The average molecular weight is 578 g/mol. The number of hydrogen-bond donors (Lipinski definition) is 3. The molecule has 0 radical (unpaired) electrons. The van der Waals surface area contributed by atoms with Crippen LogP contribution < -0.4 is 20.9 Å². The van der Waals surface area contributed by atoms with Crippen molar-refractivity contribution in [1.29, 1.82) is 0 Å². The lowest BCUT2D eigenvalue weighted by atomic mass is 9.86. The number of Topliss-reactive ketones (excluding diaryl/α,β-unsaturated/α-hetero) is 1. The van der Waals surface area contributed by atoms with E-state index < -0.39 is 60.0 Å². The van der Waals surface area contributed by atoms with Crippen LogP contribution in [0, 0.1) is 12.7 Å². The molecule has 0 aliphatic heterocycles. The van der Waals surface area contributed by atoms with Crippen LogP contribution in [0.5, 0.6) is 11.5 Å². The monoisotopic (exact) mass is 577 g/mol. The highest BCUT2D eigenvalue weighted by Crippen LogP contribution is 2.43. The maximum Gasteiger partial charge on any atom is 0.422 e. The Morgan fingerprint density at radius 1 is 1.02 bits per heavy atom. The first-order valence-electron chi connectivity index (χ1n) is 12.5. The molecule has 12 heteroatoms. The van der Waals surface area contributed by atoms with E-state index in [1.165, 1.54) is 56.5 Å². The summed E-state index contributed by atoms with van der Waals surface area (Å²) in [6.07, 6.45) is -7.00. The van der Waals surface area contributed by atoms with Gasteiger partial charge in [-0.15, -0.1) is 0 Å². The Balaban J connectivity index is 2.01. The molecule has 3 rings (SSSR count). The number of nitrogens with two attached hydrogens (primary N) is 2. The molecule has 1 amide bonds. The summed E-state index contributed by atoms with van der Waals surface area (Å²) in [5, 5.41) is 11.1. The van der Waals surface area contributed by atoms with Crippen molar-refractivity contribution in [3.8, 4) is 22.8 Å². The number of benzene rings is 2. The number of aryl methyl sites for hydroxylation is 1. The number of halogens is 4. The highest BCUT2D eigenvalue weighted by molar-refractivity contribution is 5.96. The fourth-order valence-electron chi connectivity index (χ4n) is 4.03. The Morgan fingerprint density at radius 3 is 2.27 bits per heavy atom. The largest absolute Gasteiger partial charge is 0.493 e. The summed E-state index contributed by atoms with van der Waals surface area (Å²) in [5.74, 6) is -1.81. The minimum absolute atomic E-state index is 0.00919. The van der Waals surface area contributed by atoms with Gasteiger partial charge in [0.05, 0.1) is 18.5 Å². The molecule has 5 N–H and O–H groups in total. The van der Waals surface area contributed by atoms with Crippen molar-refractivity contribution >= 4 is 11.7 Å². The number of rotatable bonds is 11. The number of primary amides is 1. The lowest BCUT2D eigenvalue weighted by Crippen LogP contribution is -2.44. The van der Waals surface area contributed by atoms with Crippen molar-refractivity contribution in [2.24, 2.45) is 11.5 Å². The molecule has 1 unspecified atom stereocenters. The first-order valence-corrected chi connectivity index (χ1v) is 12.5. The van der Waals surface area contributed by atoms with Gasteiger partial charge < -0.3 is 26.0 Å². The van der Waals surface area contributed by atoms with E-state index in [4.69, 9.17) is 20.9 Å². The van der Waals surface area contributed by atoms with Crippen LogP contribution in [0.3, 0.4) is 0 Å². The summed E-state index contributed by atoms with van der Waals surface area (Å²) >= 11 is 0. The van der Waals surface area contributed by atoms with E-state index in [0.29, 0.717) is 5.56 Å². The Bertz CT molecular complexity index is 1450. The lowest BCUT2D eigenvalue weighted by Gasteiger charge is -2.32. The van der Waals surface area contributed by atoms with Crippen molar-refractivity contribution in [3.63, 3.8) is 0 Å². The molecule has 3 aromatic rings. The average Bonchev–Trinajstić information content (AvgIpc) is 2.90. The van der Waals surface area contributed by atoms with Gasteiger partial charge in [-0.3, -0.25) is 9.59 Å². The van der Waals surface area contributed by atoms with E-state index >= 15 is 0 Å². The number of carbonyl (C=O) groups excluding carboxylic acids is 2. The second kappa shape index (κ2) is 11.8. The molecule has 1 heterocycles. The smallest absolute Gasteiger partial charge is 0.422 e. The third kappa shape index (κ3) is 7.19. The molecule has 2 aromatic carbocycles. The van der Waals surface area contributed by atoms with Crippen LogP contribution in [0.25, 0.3) is 11.3 Å². The van der Waals surface area contributed by atoms with E-state index in [-0.39, 0.29) is 33.9 Å². The Morgan fingerprint density at radius 2 is 1.71 bits per heavy atom. The van der Waals surface area contributed by atoms with Gasteiger partial charge in [0.15, 0.2) is 23.9 Å². The zero-order valence-electron chi connectivity index (χ0n) is 22.9. The highest BCUT2D eigenvalue weighted by atomic mass is 19.4. The molecule has 1 atom stereocenters. The lowest BCUT2D eigenvalue weighted by molar-refractivity contribution is -0.270. The van der Waals surface area contributed by atoms with Crippen molar-refractivity contribution in [1.82, 2.24) is 4.98 Å². The summed E-state index contributed by atoms with van der Waals surface area (Å²) < 4.78 is 67.7. The van der Waals surface area contributed by atoms with Crippen molar-refractivity contribution in [3.05, 3.63) is 76.7 Å². The minimum Gasteiger partial charge on any atom is -0.493 e. The Labute approximate surface area is 234 Å². The fourth-order valence-corrected chi connectivity index (χ4v) is 4.03. The van der Waals surface area contributed by atoms with Gasteiger partial charge in [-0.25, -0.2) is 9.37 Å². The van der Waals surface area contributed by atoms with Crippen LogP contribution in [-0.4, -0.2) is 41.7 Å². The number of amides is 1. The predicted octanol–water partition coefficient (Wildman–Crippen LogP) is 4.68. The molecule has 0 saturated heterocycles. The second-order valence-electron chi connectivity index (χ2n) is 10.2. The topological polar surface area (TPSA) is 138 Å². The summed E-state index contributed by atoms with van der Waals surface area (Å²) in [6.45, 7) is 4.20. The van der Waals surface area contributed by atoms with Crippen LogP contribution in [0.4, 0.5) is 17.6 Å². The van der Waals surface area contributed by atoms with Gasteiger partial charge in [0.2, 0.25) is 5.60 Å². The van der Waals surface area contributed by atoms with E-state index in [1.807, 2.05) is 0 Å². The molecule has 8 nitrogen and oxygen atoms in total. The quantitative estimate of drug-likeness (QED) is 0.222. The summed E-state index contributed by atoms with van der Waals surface area (Å²) in [4.78, 5) is 28.1. The van der Waals surface area contributed by atoms with Gasteiger partial charge in [-0.1, -0.05) is 0 Å². The second-order valence-corrected chi connectivity index (χ2v) is 10.2. The normalized spacial score (nSPS) is 13.4. The molecule has 0 bridgehead atoms. The zero-order chi connectivity index (χ0) is 30.8. The third-order valence-electron chi connectivity index (χ3n) is 6.49. The molecule has 0 fully saturated rings. The van der Waals surface area contributed by atoms with Crippen LogP contribution in [0.2, 0.25) is 0 Å². The fraction of sp³-hybridized carbons (Fsp3) is 0.345. The molecular formula is C29H31F4N3O5. The van der Waals surface area contributed by atoms with Gasteiger partial charge in [0, 0.05) is 23.1 Å². The number of alkyl halides is 3. The highest BCUT2D eigenvalue weighted by Gasteiger charge is 2.56. The van der Waals surface area contributed by atoms with Gasteiger partial charge >= 0.3 is 6.18 Å². The van der Waals surface area contributed by atoms with Crippen molar-refractivity contribution in [2.75, 3.05) is 13.7 Å². The number of ether oxygens (including phenoxy) is 2. The van der Waals surface area contributed by atoms with E-state index in [1.54, 1.807) is 13.8 Å². The van der Waals surface area contributed by atoms with Crippen LogP contribution in [0.15, 0.2) is 48.5 Å². The molecule has 0 aliphatic rings. The molecule has 220 valence electrons. The Hall–Kier alpha value is -4.03. The van der Waals surface area contributed by atoms with Gasteiger partial charge in [0.1, 0.15) is 5.82 Å². The van der Waals surface area contributed by atoms with Gasteiger partial charge in [-0.2, -0.15) is 13.2 Å². The molecule has 41 heavy (non-hydrogen) atoms. The van der Waals surface area contributed by atoms with Crippen LogP contribution in [0.1, 0.15) is 53.9 Å². The molecule has 1 aromatic heterocycles. The zero-order valence-corrected chi connectivity index (χ0v) is 22.9. The summed E-state index contributed by atoms with van der Waals surface area (Å²) in [5.41, 5.74) is 6.71. The van der Waals surface area contributed by atoms with E-state index in [2.05, 4.69) is 4.98 Å². The molecule has 0 aliphatic carbocycles. The number of carbonyl (C=O) groups is 2. The first-order chi connectivity index (χ1) is 19.0.